The van der Waals surface area contributed by atoms with Gasteiger partial charge in [0.25, 0.3) is 10.0 Å². The van der Waals surface area contributed by atoms with Crippen molar-refractivity contribution in [1.82, 2.24) is 9.97 Å². The Kier molecular flexibility index (Phi) is 5.51. The lowest BCUT2D eigenvalue weighted by Crippen LogP contribution is -2.33. The summed E-state index contributed by atoms with van der Waals surface area (Å²) in [5.41, 5.74) is 3.75. The molecule has 0 saturated carbocycles. The first-order valence-electron chi connectivity index (χ1n) is 11.2. The average molecular weight is 460 g/mol. The van der Waals surface area contributed by atoms with E-state index in [-0.39, 0.29) is 4.90 Å². The van der Waals surface area contributed by atoms with Gasteiger partial charge < -0.3 is 4.90 Å². The largest absolute Gasteiger partial charge is 0.341 e. The van der Waals surface area contributed by atoms with Crippen LogP contribution in [0.25, 0.3) is 11.3 Å². The molecule has 168 valence electrons. The minimum atomic E-state index is -3.76. The molecular weight excluding hydrogens is 434 g/mol. The molecule has 2 aromatic carbocycles. The van der Waals surface area contributed by atoms with Crippen LogP contribution in [0, 0.1) is 18.3 Å². The summed E-state index contributed by atoms with van der Waals surface area (Å²) in [5, 5.41) is 9.38. The number of aromatic nitrogens is 2. The highest BCUT2D eigenvalue weighted by atomic mass is 32.2. The summed E-state index contributed by atoms with van der Waals surface area (Å²) in [4.78, 5) is 12.1. The van der Waals surface area contributed by atoms with Crippen molar-refractivity contribution >= 4 is 21.8 Å². The minimum absolute atomic E-state index is 0.265. The Bertz CT molecular complexity index is 1360. The van der Waals surface area contributed by atoms with E-state index in [1.54, 1.807) is 30.3 Å². The molecule has 0 atom stereocenters. The first kappa shape index (κ1) is 21.4. The molecule has 3 heterocycles. The van der Waals surface area contributed by atoms with Gasteiger partial charge >= 0.3 is 0 Å². The molecule has 0 unspecified atom stereocenters. The number of sulfonamides is 1. The number of fused-ring (bicyclic) bond motifs is 1. The molecule has 1 fully saturated rings. The second kappa shape index (κ2) is 8.49. The molecule has 0 amide bonds. The smallest absolute Gasteiger partial charge is 0.265 e. The second-order valence-electron chi connectivity index (χ2n) is 8.56. The highest BCUT2D eigenvalue weighted by molar-refractivity contribution is 7.92. The van der Waals surface area contributed by atoms with Crippen LogP contribution in [0.3, 0.4) is 0 Å². The van der Waals surface area contributed by atoms with E-state index in [9.17, 15) is 13.7 Å². The molecule has 0 aliphatic carbocycles. The van der Waals surface area contributed by atoms with E-state index < -0.39 is 10.0 Å². The number of piperidine rings is 1. The van der Waals surface area contributed by atoms with Gasteiger partial charge in [-0.2, -0.15) is 10.2 Å². The maximum Gasteiger partial charge on any atom is 0.265 e. The van der Waals surface area contributed by atoms with Crippen LogP contribution in [0.1, 0.15) is 36.0 Å². The predicted molar refractivity (Wildman–Crippen MR) is 128 cm³/mol. The fraction of sp³-hybridized carbons (Fsp3) is 0.320. The fourth-order valence-electron chi connectivity index (χ4n) is 4.56. The first-order valence-corrected chi connectivity index (χ1v) is 12.7. The summed E-state index contributed by atoms with van der Waals surface area (Å²) < 4.78 is 28.6. The number of hydrogen-bond acceptors (Lipinski definition) is 6. The third-order valence-electron chi connectivity index (χ3n) is 6.26. The number of anilines is 2. The number of nitriles is 1. The van der Waals surface area contributed by atoms with E-state index in [2.05, 4.69) is 11.0 Å². The minimum Gasteiger partial charge on any atom is -0.341 e. The molecule has 33 heavy (non-hydrogen) atoms. The molecule has 1 saturated heterocycles. The lowest BCUT2D eigenvalue weighted by atomic mass is 10.0. The molecule has 0 N–H and O–H groups in total. The summed E-state index contributed by atoms with van der Waals surface area (Å²) in [6.45, 7) is 3.89. The molecule has 0 radical (unpaired) electrons. The molecule has 0 bridgehead atoms. The second-order valence-corrected chi connectivity index (χ2v) is 10.4. The maximum absolute atomic E-state index is 13.6. The summed E-state index contributed by atoms with van der Waals surface area (Å²) >= 11 is 0. The van der Waals surface area contributed by atoms with Crippen LogP contribution in [-0.2, 0) is 16.4 Å². The Hall–Kier alpha value is -3.44. The van der Waals surface area contributed by atoms with Crippen LogP contribution < -0.4 is 9.21 Å². The Morgan fingerprint density at radius 1 is 0.970 bits per heavy atom. The Morgan fingerprint density at radius 2 is 1.76 bits per heavy atom. The molecule has 1 aromatic heterocycles. The number of rotatable bonds is 4. The lowest BCUT2D eigenvalue weighted by molar-refractivity contribution is 0.568. The molecule has 5 rings (SSSR count). The van der Waals surface area contributed by atoms with E-state index in [1.165, 1.54) is 10.7 Å². The van der Waals surface area contributed by atoms with E-state index in [4.69, 9.17) is 9.97 Å². The first-order chi connectivity index (χ1) is 16.0. The van der Waals surface area contributed by atoms with Crippen molar-refractivity contribution in [1.29, 1.82) is 5.26 Å². The van der Waals surface area contributed by atoms with Crippen molar-refractivity contribution in [3.63, 3.8) is 0 Å². The lowest BCUT2D eigenvalue weighted by Gasteiger charge is -2.28. The van der Waals surface area contributed by atoms with Crippen LogP contribution >= 0.6 is 0 Å². The quantitative estimate of drug-likeness (QED) is 0.584. The monoisotopic (exact) mass is 459 g/mol. The van der Waals surface area contributed by atoms with Gasteiger partial charge in [0.1, 0.15) is 0 Å². The Morgan fingerprint density at radius 3 is 2.52 bits per heavy atom. The van der Waals surface area contributed by atoms with Gasteiger partial charge in [-0.3, -0.25) is 0 Å². The number of aryl methyl sites for hydroxylation is 1. The molecule has 2 aliphatic rings. The van der Waals surface area contributed by atoms with Crippen molar-refractivity contribution in [2.75, 3.05) is 28.8 Å². The number of hydrogen-bond donors (Lipinski definition) is 0. The zero-order chi connectivity index (χ0) is 23.0. The van der Waals surface area contributed by atoms with Crippen LogP contribution in [0.15, 0.2) is 53.4 Å². The normalized spacial score (nSPS) is 15.9. The third-order valence-corrected chi connectivity index (χ3v) is 8.04. The van der Waals surface area contributed by atoms with Gasteiger partial charge in [-0.25, -0.2) is 17.7 Å². The highest BCUT2D eigenvalue weighted by Crippen LogP contribution is 2.38. The van der Waals surface area contributed by atoms with Crippen molar-refractivity contribution < 1.29 is 8.42 Å². The van der Waals surface area contributed by atoms with E-state index in [0.717, 1.165) is 42.6 Å². The fourth-order valence-corrected chi connectivity index (χ4v) is 6.11. The number of benzene rings is 2. The molecule has 0 spiro atoms. The van der Waals surface area contributed by atoms with Gasteiger partial charge in [0.15, 0.2) is 5.82 Å². The maximum atomic E-state index is 13.6. The van der Waals surface area contributed by atoms with E-state index in [0.29, 0.717) is 36.0 Å². The standard InChI is InChI=1S/C25H25N5O2S/c1-18-7-5-10-21(15-18)33(31,32)30-14-11-22-23(20-9-6-8-19(16-20)17-26)27-25(28-24(22)30)29-12-3-2-4-13-29/h5-10,15-16H,2-4,11-14H2,1H3. The van der Waals surface area contributed by atoms with Crippen molar-refractivity contribution in [3.05, 3.63) is 65.2 Å². The Balaban J connectivity index is 1.67. The molecule has 8 heteroatoms. The summed E-state index contributed by atoms with van der Waals surface area (Å²) in [7, 11) is -3.76. The zero-order valence-corrected chi connectivity index (χ0v) is 19.3. The van der Waals surface area contributed by atoms with Gasteiger partial charge in [-0.05, 0) is 62.4 Å². The van der Waals surface area contributed by atoms with Crippen molar-refractivity contribution in [2.45, 2.75) is 37.5 Å². The summed E-state index contributed by atoms with van der Waals surface area (Å²) in [5.74, 6) is 1.00. The van der Waals surface area contributed by atoms with Gasteiger partial charge in [0, 0.05) is 30.8 Å². The third kappa shape index (κ3) is 3.93. The van der Waals surface area contributed by atoms with E-state index >= 15 is 0 Å². The van der Waals surface area contributed by atoms with E-state index in [1.807, 2.05) is 25.1 Å². The molecule has 7 nitrogen and oxygen atoms in total. The Labute approximate surface area is 194 Å². The summed E-state index contributed by atoms with van der Waals surface area (Å²) in [6.07, 6.45) is 3.81. The molecule has 2 aliphatic heterocycles. The van der Waals surface area contributed by atoms with Crippen LogP contribution in [0.4, 0.5) is 11.8 Å². The van der Waals surface area contributed by atoms with Crippen molar-refractivity contribution in [3.8, 4) is 17.3 Å². The highest BCUT2D eigenvalue weighted by Gasteiger charge is 2.35. The zero-order valence-electron chi connectivity index (χ0n) is 18.5. The number of nitrogens with zero attached hydrogens (tertiary/aromatic N) is 5. The van der Waals surface area contributed by atoms with Crippen molar-refractivity contribution in [2.24, 2.45) is 0 Å². The SMILES string of the molecule is Cc1cccc(S(=O)(=O)N2CCc3c(-c4cccc(C#N)c4)nc(N4CCCCC4)nc32)c1. The topological polar surface area (TPSA) is 90.2 Å². The van der Waals surface area contributed by atoms with Crippen LogP contribution in [0.2, 0.25) is 0 Å². The molecule has 3 aromatic rings. The van der Waals surface area contributed by atoms with Gasteiger partial charge in [-0.15, -0.1) is 0 Å². The van der Waals surface area contributed by atoms with Gasteiger partial charge in [0.05, 0.1) is 22.2 Å². The van der Waals surface area contributed by atoms with Gasteiger partial charge in [0.2, 0.25) is 5.95 Å². The average Bonchev–Trinajstić information content (AvgIpc) is 3.29. The summed E-state index contributed by atoms with van der Waals surface area (Å²) in [6, 6.07) is 16.5. The molecular formula is C25H25N5O2S. The van der Waals surface area contributed by atoms with Crippen LogP contribution in [0.5, 0.6) is 0 Å². The predicted octanol–water partition coefficient (Wildman–Crippen LogP) is 4.07. The van der Waals surface area contributed by atoms with Gasteiger partial charge in [-0.1, -0.05) is 24.3 Å². The van der Waals surface area contributed by atoms with Crippen LogP contribution in [-0.4, -0.2) is 38.0 Å².